The zero-order valence-corrected chi connectivity index (χ0v) is 8.97. The third-order valence-corrected chi connectivity index (χ3v) is 0.379. The highest BCUT2D eigenvalue weighted by atomic mass is 128. The molecule has 52 valence electrons. The van der Waals surface area contributed by atoms with E-state index in [4.69, 9.17) is 5.26 Å². The quantitative estimate of drug-likeness (QED) is 0.457. The van der Waals surface area contributed by atoms with Gasteiger partial charge in [-0.3, -0.25) is 0 Å². The summed E-state index contributed by atoms with van der Waals surface area (Å²) in [5.74, 6) is 0. The second-order valence-corrected chi connectivity index (χ2v) is 1.48. The normalized spacial score (nSPS) is 11.5. The fourth-order valence-corrected chi connectivity index (χ4v) is 0.129. The van der Waals surface area contributed by atoms with E-state index in [1.807, 2.05) is 0 Å². The maximum Gasteiger partial charge on any atom is 0.187 e. The molecule has 0 aliphatic carbocycles. The molecule has 0 radical (unpaired) electrons. The van der Waals surface area contributed by atoms with Crippen LogP contribution < -0.4 is 0 Å². The highest BCUT2D eigenvalue weighted by Gasteiger charge is 1.82. The number of rotatable bonds is 2. The Morgan fingerprint density at radius 1 is 1.62 bits per heavy atom. The van der Waals surface area contributed by atoms with Crippen molar-refractivity contribution in [3.63, 3.8) is 0 Å². The minimum Gasteiger partial charge on any atom is -0.227 e. The van der Waals surface area contributed by atoms with Crippen LogP contribution in [0.4, 0.5) is 0 Å². The summed E-state index contributed by atoms with van der Waals surface area (Å²) in [7, 11) is 0. The van der Waals surface area contributed by atoms with E-state index in [9.17, 15) is 4.21 Å². The Hall–Kier alpha value is 1.49. The van der Waals surface area contributed by atoms with Gasteiger partial charge in [0.1, 0.15) is 0 Å². The summed E-state index contributed by atoms with van der Waals surface area (Å²) >= 11 is 2.70. The maximum atomic E-state index is 9.65. The minimum absolute atomic E-state index is 1.22. The van der Waals surface area contributed by atoms with Crippen molar-refractivity contribution in [2.24, 2.45) is 0 Å². The first-order valence-corrected chi connectivity index (χ1v) is 9.00. The average molecular weight is 366 g/mol. The average Bonchev–Trinajstić information content (AvgIpc) is 1.72. The molecule has 0 saturated heterocycles. The molecule has 0 spiro atoms. The molecule has 0 fully saturated rings. The monoisotopic (exact) mass is 366 g/mol. The van der Waals surface area contributed by atoms with Crippen molar-refractivity contribution in [3.8, 4) is 0 Å². The number of hydrogen-bond acceptors (Lipinski definition) is 4. The van der Waals surface area contributed by atoms with Crippen molar-refractivity contribution in [2.75, 3.05) is 6.26 Å². The van der Waals surface area contributed by atoms with Crippen LogP contribution in [0.3, 0.4) is 0 Å². The smallest absolute Gasteiger partial charge is 0.187 e. The molecule has 0 aliphatic rings. The molecule has 0 aromatic heterocycles. The molecule has 0 heterocycles. The van der Waals surface area contributed by atoms with Crippen molar-refractivity contribution in [1.29, 1.82) is 0 Å². The number of hydrogen-bond donors (Lipinski definition) is 1. The Bertz CT molecular complexity index is 58.0. The van der Waals surface area contributed by atoms with E-state index in [-0.39, 0.29) is 0 Å². The summed E-state index contributed by atoms with van der Waals surface area (Å²) in [6.45, 7) is 0. The van der Waals surface area contributed by atoms with Gasteiger partial charge in [-0.15, -0.1) is 4.33 Å². The molecule has 0 rings (SSSR count). The molecule has 0 amide bonds. The number of halogens is 2. The van der Waals surface area contributed by atoms with Gasteiger partial charge in [0.15, 0.2) is 11.1 Å². The van der Waals surface area contributed by atoms with E-state index in [1.165, 1.54) is 6.26 Å². The van der Waals surface area contributed by atoms with Crippen molar-refractivity contribution in [1.82, 2.24) is 0 Å². The second-order valence-electron chi connectivity index (χ2n) is 0.544. The Morgan fingerprint density at radius 3 is 2.00 bits per heavy atom. The Balaban J connectivity index is 0. The SMILES string of the molecule is CS(=O)OOO.II. The molecular formula is CH4I2O4S. The molecule has 8 heavy (non-hydrogen) atoms. The summed E-state index contributed by atoms with van der Waals surface area (Å²) in [5, 5.41) is 10.3. The lowest BCUT2D eigenvalue weighted by Gasteiger charge is -1.83. The molecule has 4 nitrogen and oxygen atoms in total. The fourth-order valence-electron chi connectivity index (χ4n) is 0.0429. The van der Waals surface area contributed by atoms with E-state index in [0.717, 1.165) is 0 Å². The van der Waals surface area contributed by atoms with Gasteiger partial charge in [0.25, 0.3) is 0 Å². The van der Waals surface area contributed by atoms with E-state index in [2.05, 4.69) is 46.6 Å². The van der Waals surface area contributed by atoms with Gasteiger partial charge in [-0.05, 0) is 0 Å². The summed E-state index contributed by atoms with van der Waals surface area (Å²) in [6.07, 6.45) is 1.22. The first-order valence-electron chi connectivity index (χ1n) is 1.23. The standard InChI is InChI=1S/CH4O4S.I2/c1-6(3)5-4-2;1-2/h2H,1H3;. The summed E-state index contributed by atoms with van der Waals surface area (Å²) < 4.78 is 13.2. The van der Waals surface area contributed by atoms with Crippen LogP contribution in [-0.4, -0.2) is 15.7 Å². The molecule has 1 N–H and O–H groups in total. The molecule has 0 aromatic carbocycles. The summed E-state index contributed by atoms with van der Waals surface area (Å²) in [5.41, 5.74) is 0. The van der Waals surface area contributed by atoms with Gasteiger partial charge in [0.05, 0.1) is 0 Å². The highest BCUT2D eigenvalue weighted by Crippen LogP contribution is 1.89. The Kier molecular flexibility index (Phi) is 17.2. The zero-order chi connectivity index (χ0) is 6.99. The first-order chi connectivity index (χ1) is 3.77. The molecule has 0 bridgehead atoms. The van der Waals surface area contributed by atoms with E-state index < -0.39 is 11.1 Å². The van der Waals surface area contributed by atoms with Crippen molar-refractivity contribution in [3.05, 3.63) is 0 Å². The third-order valence-electron chi connectivity index (χ3n) is 0.126. The van der Waals surface area contributed by atoms with Crippen LogP contribution in [0.5, 0.6) is 0 Å². The molecular weight excluding hydrogens is 362 g/mol. The van der Waals surface area contributed by atoms with Crippen molar-refractivity contribution in [2.45, 2.75) is 0 Å². The molecule has 1 atom stereocenters. The van der Waals surface area contributed by atoms with E-state index >= 15 is 0 Å². The van der Waals surface area contributed by atoms with Crippen molar-refractivity contribution < 1.29 is 18.8 Å². The van der Waals surface area contributed by atoms with Gasteiger partial charge in [0.2, 0.25) is 0 Å². The van der Waals surface area contributed by atoms with Gasteiger partial charge in [-0.2, -0.15) is 0 Å². The topological polar surface area (TPSA) is 55.8 Å². The zero-order valence-electron chi connectivity index (χ0n) is 3.84. The molecule has 0 aromatic rings. The van der Waals surface area contributed by atoms with Gasteiger partial charge in [-0.1, -0.05) is 5.04 Å². The molecule has 7 heteroatoms. The van der Waals surface area contributed by atoms with Crippen LogP contribution in [0.15, 0.2) is 0 Å². The first kappa shape index (κ1) is 12.2. The van der Waals surface area contributed by atoms with E-state index in [1.54, 1.807) is 0 Å². The predicted octanol–water partition coefficient (Wildman–Crippen LogP) is 1.47. The maximum absolute atomic E-state index is 9.65. The van der Waals surface area contributed by atoms with Crippen molar-refractivity contribution >= 4 is 48.3 Å². The van der Waals surface area contributed by atoms with Gasteiger partial charge in [-0.25, -0.2) is 9.47 Å². The van der Waals surface area contributed by atoms with Crippen LogP contribution in [0.25, 0.3) is 0 Å². The lowest BCUT2D eigenvalue weighted by Crippen LogP contribution is -1.90. The summed E-state index contributed by atoms with van der Waals surface area (Å²) in [4.78, 5) is 0. The highest BCUT2D eigenvalue weighted by molar-refractivity contribution is 15.0. The second kappa shape index (κ2) is 11.3. The largest absolute Gasteiger partial charge is 0.227 e. The van der Waals surface area contributed by atoms with Gasteiger partial charge < -0.3 is 0 Å². The molecule has 0 aliphatic heterocycles. The fraction of sp³-hybridized carbons (Fsp3) is 1.00. The Labute approximate surface area is 72.8 Å². The molecule has 1 unspecified atom stereocenters. The van der Waals surface area contributed by atoms with Gasteiger partial charge in [0, 0.05) is 43.5 Å². The van der Waals surface area contributed by atoms with Crippen LogP contribution in [0.1, 0.15) is 0 Å². The van der Waals surface area contributed by atoms with Crippen LogP contribution in [0.2, 0.25) is 0 Å². The third kappa shape index (κ3) is 15.6. The van der Waals surface area contributed by atoms with Gasteiger partial charge >= 0.3 is 0 Å². The van der Waals surface area contributed by atoms with Crippen LogP contribution in [-0.2, 0) is 20.5 Å². The predicted molar refractivity (Wildman–Crippen MR) is 46.9 cm³/mol. The molecule has 0 saturated carbocycles. The van der Waals surface area contributed by atoms with Crippen LogP contribution in [0, 0.1) is 0 Å². The Morgan fingerprint density at radius 2 is 2.00 bits per heavy atom. The minimum atomic E-state index is -1.54. The lowest BCUT2D eigenvalue weighted by atomic mass is 12.0. The van der Waals surface area contributed by atoms with E-state index in [0.29, 0.717) is 0 Å². The lowest BCUT2D eigenvalue weighted by molar-refractivity contribution is -0.434. The van der Waals surface area contributed by atoms with Crippen LogP contribution >= 0.6 is 37.2 Å². The summed E-state index contributed by atoms with van der Waals surface area (Å²) in [6, 6.07) is 0.